The molecule has 0 N–H and O–H groups in total. The zero-order chi connectivity index (χ0) is 27.2. The van der Waals surface area contributed by atoms with Gasteiger partial charge in [0.25, 0.3) is 0 Å². The summed E-state index contributed by atoms with van der Waals surface area (Å²) in [5.74, 6) is 1.90. The molecule has 0 spiro atoms. The third kappa shape index (κ3) is 7.41. The van der Waals surface area contributed by atoms with Crippen LogP contribution >= 0.6 is 11.6 Å². The van der Waals surface area contributed by atoms with Crippen molar-refractivity contribution < 1.29 is 9.53 Å². The van der Waals surface area contributed by atoms with Crippen molar-refractivity contribution in [1.82, 2.24) is 24.7 Å². The second kappa shape index (κ2) is 12.8. The van der Waals surface area contributed by atoms with E-state index < -0.39 is 0 Å². The van der Waals surface area contributed by atoms with Gasteiger partial charge in [-0.25, -0.2) is 9.97 Å². The average Bonchev–Trinajstić information content (AvgIpc) is 2.95. The number of carbonyl (C=O) groups excluding carboxylic acids is 1. The lowest BCUT2D eigenvalue weighted by Gasteiger charge is -2.43. The van der Waals surface area contributed by atoms with Gasteiger partial charge in [0.05, 0.1) is 6.61 Å². The van der Waals surface area contributed by atoms with Crippen LogP contribution in [0.5, 0.6) is 5.75 Å². The summed E-state index contributed by atoms with van der Waals surface area (Å²) in [4.78, 5) is 32.0. The Labute approximate surface area is 238 Å². The molecule has 0 radical (unpaired) electrons. The van der Waals surface area contributed by atoms with Crippen molar-refractivity contribution in [3.05, 3.63) is 46.7 Å². The fraction of sp³-hybridized carbons (Fsp3) is 0.633. The maximum atomic E-state index is 13.5. The minimum atomic E-state index is -0.249. The summed E-state index contributed by atoms with van der Waals surface area (Å²) in [5.41, 5.74) is 1.86. The fourth-order valence-corrected chi connectivity index (χ4v) is 6.25. The summed E-state index contributed by atoms with van der Waals surface area (Å²) in [6.07, 6.45) is 10.2. The summed E-state index contributed by atoms with van der Waals surface area (Å²) in [6.45, 7) is 10.6. The van der Waals surface area contributed by atoms with Crippen LogP contribution < -0.4 is 9.64 Å². The monoisotopic (exact) mass is 554 g/mol. The van der Waals surface area contributed by atoms with Crippen LogP contribution in [0.2, 0.25) is 5.02 Å². The molecule has 4 heterocycles. The number of likely N-dealkylation sites (N-methyl/N-ethyl adjacent to an activating group) is 1. The van der Waals surface area contributed by atoms with E-state index in [-0.39, 0.29) is 11.3 Å². The summed E-state index contributed by atoms with van der Waals surface area (Å²) < 4.78 is 6.38. The van der Waals surface area contributed by atoms with Crippen molar-refractivity contribution in [2.24, 2.45) is 5.41 Å². The van der Waals surface area contributed by atoms with Crippen molar-refractivity contribution in [2.45, 2.75) is 52.0 Å². The zero-order valence-corrected chi connectivity index (χ0v) is 24.3. The van der Waals surface area contributed by atoms with Gasteiger partial charge in [-0.15, -0.1) is 0 Å². The molecule has 2 aromatic rings. The van der Waals surface area contributed by atoms with Gasteiger partial charge in [-0.2, -0.15) is 0 Å². The minimum Gasteiger partial charge on any atom is -0.493 e. The normalized spacial score (nSPS) is 23.2. The standard InChI is InChI=1S/C30H43ClN6O2/c1-24-17-26(7-8-27(24)31)39-23-30(18-28(38)36-15-13-34(2)14-16-36)9-6-10-35(22-30)21-25-19-32-29(33-20-25)37-11-4-3-5-12-37/h7-8,17,19-20H,3-6,9-16,18,21-23H2,1-2H3. The van der Waals surface area contributed by atoms with Crippen LogP contribution in [0, 0.1) is 12.3 Å². The van der Waals surface area contributed by atoms with E-state index in [4.69, 9.17) is 26.3 Å². The highest BCUT2D eigenvalue weighted by Crippen LogP contribution is 2.36. The number of rotatable bonds is 8. The number of hydrogen-bond acceptors (Lipinski definition) is 7. The number of hydrogen-bond donors (Lipinski definition) is 0. The first kappa shape index (κ1) is 28.1. The predicted octanol–water partition coefficient (Wildman–Crippen LogP) is 4.25. The zero-order valence-electron chi connectivity index (χ0n) is 23.6. The number of ether oxygens (including phenoxy) is 1. The highest BCUT2D eigenvalue weighted by atomic mass is 35.5. The number of aryl methyl sites for hydroxylation is 1. The van der Waals surface area contributed by atoms with Crippen LogP contribution in [-0.2, 0) is 11.3 Å². The Balaban J connectivity index is 1.27. The molecule has 9 heteroatoms. The largest absolute Gasteiger partial charge is 0.493 e. The Bertz CT molecular complexity index is 1100. The number of piperidine rings is 2. The molecule has 1 unspecified atom stereocenters. The SMILES string of the molecule is Cc1cc(OCC2(CC(=O)N3CCN(C)CC3)CCCN(Cc3cnc(N4CCCCC4)nc3)C2)ccc1Cl. The van der Waals surface area contributed by atoms with Crippen LogP contribution in [0.25, 0.3) is 0 Å². The number of likely N-dealkylation sites (tertiary alicyclic amines) is 1. The number of amides is 1. The Morgan fingerprint density at radius 1 is 1.00 bits per heavy atom. The van der Waals surface area contributed by atoms with Crippen molar-refractivity contribution >= 4 is 23.5 Å². The first-order chi connectivity index (χ1) is 18.9. The van der Waals surface area contributed by atoms with Crippen LogP contribution in [0.3, 0.4) is 0 Å². The van der Waals surface area contributed by atoms with E-state index >= 15 is 0 Å². The predicted molar refractivity (Wildman–Crippen MR) is 155 cm³/mol. The van der Waals surface area contributed by atoms with Gasteiger partial charge in [0.15, 0.2) is 0 Å². The van der Waals surface area contributed by atoms with Crippen molar-refractivity contribution in [3.63, 3.8) is 0 Å². The molecule has 5 rings (SSSR count). The second-order valence-electron chi connectivity index (χ2n) is 11.8. The number of piperazine rings is 1. The molecule has 212 valence electrons. The summed E-state index contributed by atoms with van der Waals surface area (Å²) in [7, 11) is 2.12. The quantitative estimate of drug-likeness (QED) is 0.483. The van der Waals surface area contributed by atoms with Crippen LogP contribution in [0.15, 0.2) is 30.6 Å². The topological polar surface area (TPSA) is 65.0 Å². The lowest BCUT2D eigenvalue weighted by Crippen LogP contribution is -2.52. The molecule has 0 aliphatic carbocycles. The van der Waals surface area contributed by atoms with Crippen LogP contribution in [0.1, 0.15) is 49.7 Å². The Kier molecular flexibility index (Phi) is 9.25. The van der Waals surface area contributed by atoms with Gasteiger partial charge >= 0.3 is 0 Å². The summed E-state index contributed by atoms with van der Waals surface area (Å²) in [5, 5.41) is 0.736. The highest BCUT2D eigenvalue weighted by Gasteiger charge is 2.40. The first-order valence-electron chi connectivity index (χ1n) is 14.5. The third-order valence-corrected chi connectivity index (χ3v) is 8.96. The first-order valence-corrected chi connectivity index (χ1v) is 14.9. The van der Waals surface area contributed by atoms with Gasteiger partial charge in [-0.05, 0) is 76.4 Å². The number of halogens is 1. The summed E-state index contributed by atoms with van der Waals surface area (Å²) >= 11 is 6.24. The van der Waals surface area contributed by atoms with E-state index in [2.05, 4.69) is 21.7 Å². The molecule has 1 aromatic carbocycles. The molecule has 3 aliphatic rings. The van der Waals surface area contributed by atoms with Crippen molar-refractivity contribution in [1.29, 1.82) is 0 Å². The molecule has 1 amide bonds. The van der Waals surface area contributed by atoms with E-state index in [0.29, 0.717) is 13.0 Å². The van der Waals surface area contributed by atoms with Gasteiger partial charge in [0.2, 0.25) is 11.9 Å². The van der Waals surface area contributed by atoms with Gasteiger partial charge in [-0.1, -0.05) is 11.6 Å². The molecule has 3 saturated heterocycles. The molecule has 0 bridgehead atoms. The van der Waals surface area contributed by atoms with E-state index in [1.54, 1.807) is 0 Å². The van der Waals surface area contributed by atoms with E-state index in [1.165, 1.54) is 19.3 Å². The van der Waals surface area contributed by atoms with Gasteiger partial charge in [0, 0.05) is 87.2 Å². The van der Waals surface area contributed by atoms with E-state index in [0.717, 1.165) is 99.6 Å². The van der Waals surface area contributed by atoms with E-state index in [9.17, 15) is 4.79 Å². The van der Waals surface area contributed by atoms with Crippen molar-refractivity contribution in [2.75, 3.05) is 70.9 Å². The Morgan fingerprint density at radius 3 is 2.46 bits per heavy atom. The smallest absolute Gasteiger partial charge is 0.225 e. The number of nitrogens with zero attached hydrogens (tertiary/aromatic N) is 6. The molecule has 1 atom stereocenters. The Morgan fingerprint density at radius 2 is 1.74 bits per heavy atom. The summed E-state index contributed by atoms with van der Waals surface area (Å²) in [6, 6.07) is 5.79. The van der Waals surface area contributed by atoms with Gasteiger partial charge in [0.1, 0.15) is 5.75 Å². The molecule has 0 saturated carbocycles. The van der Waals surface area contributed by atoms with Gasteiger partial charge in [-0.3, -0.25) is 9.69 Å². The lowest BCUT2D eigenvalue weighted by molar-refractivity contribution is -0.137. The lowest BCUT2D eigenvalue weighted by atomic mass is 9.77. The number of aromatic nitrogens is 2. The molecule has 1 aromatic heterocycles. The molecule has 39 heavy (non-hydrogen) atoms. The molecule has 3 fully saturated rings. The number of benzene rings is 1. The van der Waals surface area contributed by atoms with Crippen LogP contribution in [-0.4, -0.2) is 96.6 Å². The number of carbonyl (C=O) groups is 1. The molecule has 3 aliphatic heterocycles. The second-order valence-corrected chi connectivity index (χ2v) is 12.2. The maximum Gasteiger partial charge on any atom is 0.225 e. The highest BCUT2D eigenvalue weighted by molar-refractivity contribution is 6.31. The molecular weight excluding hydrogens is 512 g/mol. The van der Waals surface area contributed by atoms with Gasteiger partial charge < -0.3 is 19.4 Å². The van der Waals surface area contributed by atoms with Crippen LogP contribution in [0.4, 0.5) is 5.95 Å². The minimum absolute atomic E-state index is 0.245. The fourth-order valence-electron chi connectivity index (χ4n) is 6.14. The van der Waals surface area contributed by atoms with E-state index in [1.807, 2.05) is 42.4 Å². The number of anilines is 1. The molecular formula is C30H43ClN6O2. The maximum absolute atomic E-state index is 13.5. The Hall–Kier alpha value is -2.42. The van der Waals surface area contributed by atoms with Crippen molar-refractivity contribution in [3.8, 4) is 5.75 Å². The third-order valence-electron chi connectivity index (χ3n) is 8.53. The average molecular weight is 555 g/mol. The molecule has 8 nitrogen and oxygen atoms in total.